The summed E-state index contributed by atoms with van der Waals surface area (Å²) >= 11 is 1.57. The van der Waals surface area contributed by atoms with Gasteiger partial charge in [0, 0.05) is 44.2 Å². The number of nitrogen functional groups attached to an aromatic ring is 1. The monoisotopic (exact) mass is 964 g/mol. The fraction of sp³-hybridized carbons (Fsp3) is 0.449. The highest BCUT2D eigenvalue weighted by molar-refractivity contribution is 7.13. The number of aromatic nitrogens is 4. The van der Waals surface area contributed by atoms with Crippen molar-refractivity contribution in [1.29, 1.82) is 0 Å². The van der Waals surface area contributed by atoms with Crippen molar-refractivity contribution in [3.63, 3.8) is 0 Å². The molecule has 6 heterocycles. The highest BCUT2D eigenvalue weighted by atomic mass is 32.1. The molecule has 3 aliphatic rings. The van der Waals surface area contributed by atoms with E-state index in [9.17, 15) is 24.6 Å². The maximum Gasteiger partial charge on any atom is 0.246 e. The van der Waals surface area contributed by atoms with Gasteiger partial charge in [-0.3, -0.25) is 14.4 Å². The Morgan fingerprint density at radius 3 is 2.29 bits per heavy atom. The number of phenols is 1. The molecule has 0 radical (unpaired) electrons. The summed E-state index contributed by atoms with van der Waals surface area (Å²) in [6.07, 6.45) is -0.781. The van der Waals surface area contributed by atoms with Gasteiger partial charge in [0.15, 0.2) is 5.82 Å². The number of thiazole rings is 1. The number of amides is 3. The average molecular weight is 965 g/mol. The van der Waals surface area contributed by atoms with E-state index in [1.165, 1.54) is 4.90 Å². The molecule has 20 heteroatoms. The van der Waals surface area contributed by atoms with Crippen LogP contribution in [0.1, 0.15) is 38.4 Å². The van der Waals surface area contributed by atoms with E-state index in [0.29, 0.717) is 49.4 Å². The Balaban J connectivity index is 0.689. The fourth-order valence-electron chi connectivity index (χ4n) is 8.67. The number of aliphatic hydroxyl groups excluding tert-OH is 1. The smallest absolute Gasteiger partial charge is 0.246 e. The number of hydrogen-bond donors (Lipinski definition) is 5. The van der Waals surface area contributed by atoms with Crippen LogP contribution in [0.4, 0.5) is 17.3 Å². The second kappa shape index (κ2) is 21.9. The van der Waals surface area contributed by atoms with Gasteiger partial charge in [-0.1, -0.05) is 63.2 Å². The number of fused-ring (bicyclic) bond motifs is 1. The summed E-state index contributed by atoms with van der Waals surface area (Å²) in [4.78, 5) is 56.3. The molecule has 0 bridgehead atoms. The topological polar surface area (TPSA) is 240 Å². The molecule has 2 aromatic carbocycles. The maximum absolute atomic E-state index is 13.9. The number of aryl methyl sites for hydroxylation is 1. The highest BCUT2D eigenvalue weighted by Gasteiger charge is 2.53. The molecule has 366 valence electrons. The van der Waals surface area contributed by atoms with E-state index in [1.807, 2.05) is 87.8 Å². The minimum absolute atomic E-state index is 0.0199. The second-order valence-corrected chi connectivity index (χ2v) is 19.2. The standard InChI is InChI=1S/C49H60N10O9S/c1-30-44(69-29-52-30)32-14-12-31(13-15-32)24-51-47(63)37-22-33(60)25-59(37)48(64)45(49(2,3)4)54-42(62)28-67-19-18-65-16-17-66-20-21-68-43-11-7-10-41(53-43)58-27-38-39(58)26-57(38)36-23-35(55-56-46(36)50)34-8-5-6-9-40(34)61/h5-15,23,29,33,37-39,45,60-61H,16-22,24-28H2,1-4H3,(H2,50,56)(H,51,63)(H,54,62)/t33-,37+,38?,39+,45-/m1/s1. The lowest BCUT2D eigenvalue weighted by atomic mass is 9.85. The highest BCUT2D eigenvalue weighted by Crippen LogP contribution is 2.42. The van der Waals surface area contributed by atoms with Crippen molar-refractivity contribution in [1.82, 2.24) is 35.7 Å². The summed E-state index contributed by atoms with van der Waals surface area (Å²) in [7, 11) is 0. The lowest BCUT2D eigenvalue weighted by Crippen LogP contribution is -2.79. The van der Waals surface area contributed by atoms with Crippen LogP contribution in [-0.2, 0) is 35.1 Å². The summed E-state index contributed by atoms with van der Waals surface area (Å²) in [6, 6.07) is 21.1. The molecule has 69 heavy (non-hydrogen) atoms. The van der Waals surface area contributed by atoms with E-state index in [4.69, 9.17) is 29.7 Å². The van der Waals surface area contributed by atoms with Crippen molar-refractivity contribution >= 4 is 46.4 Å². The molecule has 3 fully saturated rings. The number of carbonyl (C=O) groups is 3. The Morgan fingerprint density at radius 2 is 1.59 bits per heavy atom. The zero-order valence-corrected chi connectivity index (χ0v) is 40.1. The number of para-hydroxylation sites is 1. The number of rotatable bonds is 21. The second-order valence-electron chi connectivity index (χ2n) is 18.4. The zero-order chi connectivity index (χ0) is 48.7. The van der Waals surface area contributed by atoms with Crippen molar-refractivity contribution in [2.45, 2.75) is 70.9 Å². The SMILES string of the molecule is Cc1ncsc1-c1ccc(CNC(=O)[C@@H]2C[C@@H](O)CN2C(=O)[C@@H](NC(=O)COCCOCCOCCOc2cccc(N3CC4[C@@H]3CN4c3cc(-c4ccccc4O)nnc3N)n2)C(C)(C)C)cc1. The first-order valence-corrected chi connectivity index (χ1v) is 24.0. The van der Waals surface area contributed by atoms with Crippen LogP contribution < -0.4 is 30.9 Å². The predicted molar refractivity (Wildman–Crippen MR) is 260 cm³/mol. The Labute approximate surface area is 404 Å². The van der Waals surface area contributed by atoms with Gasteiger partial charge in [-0.2, -0.15) is 4.98 Å². The minimum atomic E-state index is -0.970. The van der Waals surface area contributed by atoms with Crippen LogP contribution in [0.5, 0.6) is 11.6 Å². The number of hydrogen-bond acceptors (Lipinski definition) is 17. The van der Waals surface area contributed by atoms with Crippen LogP contribution in [0.25, 0.3) is 21.7 Å². The van der Waals surface area contributed by atoms with E-state index in [2.05, 4.69) is 35.6 Å². The van der Waals surface area contributed by atoms with Crippen LogP contribution in [0.15, 0.2) is 78.3 Å². The number of nitrogens with one attached hydrogen (secondary N) is 2. The van der Waals surface area contributed by atoms with Gasteiger partial charge in [0.05, 0.1) is 78.7 Å². The van der Waals surface area contributed by atoms with Crippen LogP contribution in [0, 0.1) is 12.3 Å². The van der Waals surface area contributed by atoms with Crippen LogP contribution in [0.2, 0.25) is 0 Å². The molecule has 3 aromatic heterocycles. The van der Waals surface area contributed by atoms with Gasteiger partial charge in [-0.25, -0.2) is 4.98 Å². The summed E-state index contributed by atoms with van der Waals surface area (Å²) < 4.78 is 22.7. The molecule has 3 amide bonds. The van der Waals surface area contributed by atoms with Gasteiger partial charge in [-0.15, -0.1) is 21.5 Å². The Kier molecular flexibility index (Phi) is 15.5. The van der Waals surface area contributed by atoms with Gasteiger partial charge >= 0.3 is 0 Å². The van der Waals surface area contributed by atoms with Crippen LogP contribution in [0.3, 0.4) is 0 Å². The zero-order valence-electron chi connectivity index (χ0n) is 39.2. The van der Waals surface area contributed by atoms with Crippen molar-refractivity contribution in [3.05, 3.63) is 89.6 Å². The van der Waals surface area contributed by atoms with E-state index >= 15 is 0 Å². The fourth-order valence-corrected chi connectivity index (χ4v) is 9.49. The number of likely N-dealkylation sites (tertiary alicyclic amines) is 1. The summed E-state index contributed by atoms with van der Waals surface area (Å²) in [5, 5.41) is 35.0. The molecular formula is C49H60N10O9S. The molecule has 3 aliphatic heterocycles. The number of piperazine rings is 1. The third-order valence-corrected chi connectivity index (χ3v) is 13.5. The summed E-state index contributed by atoms with van der Waals surface area (Å²) in [6.45, 7) is 10.5. The van der Waals surface area contributed by atoms with Gasteiger partial charge in [0.25, 0.3) is 0 Å². The van der Waals surface area contributed by atoms with Crippen molar-refractivity contribution in [2.75, 3.05) is 81.4 Å². The average Bonchev–Trinajstić information content (AvgIpc) is 3.95. The van der Waals surface area contributed by atoms with E-state index in [-0.39, 0.29) is 63.1 Å². The first-order valence-electron chi connectivity index (χ1n) is 23.1. The van der Waals surface area contributed by atoms with E-state index in [0.717, 1.165) is 46.3 Å². The molecule has 5 aromatic rings. The third-order valence-electron chi connectivity index (χ3n) is 12.5. The molecule has 5 atom stereocenters. The summed E-state index contributed by atoms with van der Waals surface area (Å²) in [5.41, 5.74) is 12.2. The number of anilines is 3. The number of ether oxygens (including phenoxy) is 4. The number of aliphatic hydroxyl groups is 1. The molecule has 0 spiro atoms. The Hall–Kier alpha value is -6.45. The van der Waals surface area contributed by atoms with Crippen LogP contribution >= 0.6 is 11.3 Å². The van der Waals surface area contributed by atoms with Crippen molar-refractivity contribution < 1.29 is 43.5 Å². The summed E-state index contributed by atoms with van der Waals surface area (Å²) in [5.74, 6) is 0.500. The molecule has 3 saturated heterocycles. The van der Waals surface area contributed by atoms with Gasteiger partial charge < -0.3 is 60.2 Å². The molecule has 8 rings (SSSR count). The largest absolute Gasteiger partial charge is 0.507 e. The number of pyridine rings is 1. The van der Waals surface area contributed by atoms with Gasteiger partial charge in [0.2, 0.25) is 23.6 Å². The first kappa shape index (κ1) is 49.0. The van der Waals surface area contributed by atoms with Gasteiger partial charge in [-0.05, 0) is 47.7 Å². The molecule has 19 nitrogen and oxygen atoms in total. The van der Waals surface area contributed by atoms with Crippen LogP contribution in [-0.4, -0.2) is 149 Å². The van der Waals surface area contributed by atoms with E-state index in [1.54, 1.807) is 29.5 Å². The third kappa shape index (κ3) is 11.7. The minimum Gasteiger partial charge on any atom is -0.507 e. The number of aromatic hydroxyl groups is 1. The molecule has 0 aliphatic carbocycles. The number of carbonyl (C=O) groups excluding carboxylic acids is 3. The number of nitrogens with two attached hydrogens (primary N) is 1. The first-order chi connectivity index (χ1) is 33.2. The normalized spacial score (nSPS) is 19.1. The predicted octanol–water partition coefficient (Wildman–Crippen LogP) is 3.57. The lowest BCUT2D eigenvalue weighted by molar-refractivity contribution is -0.144. The number of phenolic OH excluding ortho intramolecular Hbond substituents is 1. The number of β-amino-alcohol motifs (C(OH)–C–C–N with tert-alkyl or cyclic N) is 1. The molecular weight excluding hydrogens is 905 g/mol. The van der Waals surface area contributed by atoms with E-state index < -0.39 is 35.4 Å². The Bertz CT molecular complexity index is 2580. The number of benzene rings is 2. The molecule has 1 unspecified atom stereocenters. The van der Waals surface area contributed by atoms with Crippen molar-refractivity contribution in [2.24, 2.45) is 5.41 Å². The molecule has 6 N–H and O–H groups in total. The molecule has 0 saturated carbocycles. The maximum atomic E-state index is 13.9. The quantitative estimate of drug-likeness (QED) is 0.0661. The lowest BCUT2D eigenvalue weighted by Gasteiger charge is -2.63. The Morgan fingerprint density at radius 1 is 0.884 bits per heavy atom. The number of nitrogens with zero attached hydrogens (tertiary/aromatic N) is 7. The van der Waals surface area contributed by atoms with Crippen molar-refractivity contribution in [3.8, 4) is 33.3 Å². The van der Waals surface area contributed by atoms with Gasteiger partial charge in [0.1, 0.15) is 36.9 Å².